The van der Waals surface area contributed by atoms with Crippen LogP contribution in [0.5, 0.6) is 0 Å². The maximum absolute atomic E-state index is 12.5. The summed E-state index contributed by atoms with van der Waals surface area (Å²) in [6.07, 6.45) is 1.83. The lowest BCUT2D eigenvalue weighted by Crippen LogP contribution is -2.61. The van der Waals surface area contributed by atoms with Crippen molar-refractivity contribution in [3.8, 4) is 0 Å². The molecule has 2 aliphatic carbocycles. The number of ether oxygens (including phenoxy) is 1. The molecule has 3 fully saturated rings. The van der Waals surface area contributed by atoms with Crippen LogP contribution in [0.1, 0.15) is 33.6 Å². The van der Waals surface area contributed by atoms with Crippen LogP contribution in [0.2, 0.25) is 0 Å². The van der Waals surface area contributed by atoms with Crippen molar-refractivity contribution >= 4 is 5.97 Å². The SMILES string of the molecule is COC(=O)C1C(C(C)C)C(O)C2N(C)CC3CCC1C32C. The second-order valence-corrected chi connectivity index (χ2v) is 7.99. The second kappa shape index (κ2) is 4.95. The number of carbonyl (C=O) groups excluding carboxylic acids is 1. The molecule has 1 aliphatic heterocycles. The third-order valence-corrected chi connectivity index (χ3v) is 6.93. The standard InChI is InChI=1S/C17H29NO3/c1-9(2)12-13(16(20)21-5)11-7-6-10-8-18(4)15(14(12)19)17(10,11)3/h9-15,19H,6-8H2,1-5H3. The largest absolute Gasteiger partial charge is 0.469 e. The van der Waals surface area contributed by atoms with Crippen LogP contribution in [-0.4, -0.2) is 48.8 Å². The summed E-state index contributed by atoms with van der Waals surface area (Å²) in [5.74, 6) is 0.963. The molecule has 0 aromatic rings. The zero-order chi connectivity index (χ0) is 15.5. The number of esters is 1. The topological polar surface area (TPSA) is 49.8 Å². The molecule has 0 aromatic heterocycles. The third kappa shape index (κ3) is 1.84. The van der Waals surface area contributed by atoms with Gasteiger partial charge in [0.1, 0.15) is 0 Å². The van der Waals surface area contributed by atoms with Crippen LogP contribution in [0, 0.1) is 35.0 Å². The number of hydrogen-bond acceptors (Lipinski definition) is 4. The summed E-state index contributed by atoms with van der Waals surface area (Å²) in [5.41, 5.74) is 0.0540. The summed E-state index contributed by atoms with van der Waals surface area (Å²) in [5, 5.41) is 11.1. The normalized spacial score (nSPS) is 49.5. The molecule has 0 spiro atoms. The van der Waals surface area contributed by atoms with E-state index in [0.29, 0.717) is 11.8 Å². The molecule has 0 amide bonds. The predicted octanol–water partition coefficient (Wildman–Crippen LogP) is 1.77. The van der Waals surface area contributed by atoms with Gasteiger partial charge in [-0.15, -0.1) is 0 Å². The highest BCUT2D eigenvalue weighted by molar-refractivity contribution is 5.74. The van der Waals surface area contributed by atoms with Gasteiger partial charge in [-0.2, -0.15) is 0 Å². The number of aliphatic hydroxyl groups excluding tert-OH is 1. The van der Waals surface area contributed by atoms with Gasteiger partial charge in [0, 0.05) is 18.5 Å². The first kappa shape index (κ1) is 15.3. The fourth-order valence-electron chi connectivity index (χ4n) is 6.14. The lowest BCUT2D eigenvalue weighted by molar-refractivity contribution is -0.171. The van der Waals surface area contributed by atoms with Gasteiger partial charge in [0.15, 0.2) is 0 Å². The van der Waals surface area contributed by atoms with Crippen molar-refractivity contribution < 1.29 is 14.6 Å². The Morgan fingerprint density at radius 2 is 2.05 bits per heavy atom. The Kier molecular flexibility index (Phi) is 3.61. The van der Waals surface area contributed by atoms with E-state index in [4.69, 9.17) is 4.74 Å². The van der Waals surface area contributed by atoms with E-state index in [0.717, 1.165) is 13.0 Å². The Hall–Kier alpha value is -0.610. The summed E-state index contributed by atoms with van der Waals surface area (Å²) in [7, 11) is 3.61. The van der Waals surface area contributed by atoms with Gasteiger partial charge in [0.2, 0.25) is 0 Å². The predicted molar refractivity (Wildman–Crippen MR) is 80.6 cm³/mol. The number of nitrogens with zero attached hydrogens (tertiary/aromatic N) is 1. The molecule has 3 rings (SSSR count). The summed E-state index contributed by atoms with van der Waals surface area (Å²) in [6, 6.07) is 0.184. The van der Waals surface area contributed by atoms with Crippen molar-refractivity contribution in [3.05, 3.63) is 0 Å². The minimum atomic E-state index is -0.441. The molecule has 3 aliphatic rings. The maximum atomic E-state index is 12.5. The van der Waals surface area contributed by atoms with Crippen molar-refractivity contribution in [1.29, 1.82) is 0 Å². The van der Waals surface area contributed by atoms with Crippen LogP contribution in [-0.2, 0) is 9.53 Å². The van der Waals surface area contributed by atoms with Crippen LogP contribution in [0.25, 0.3) is 0 Å². The van der Waals surface area contributed by atoms with Crippen molar-refractivity contribution in [2.45, 2.75) is 45.8 Å². The Bertz CT molecular complexity index is 438. The number of carbonyl (C=O) groups is 1. The number of methoxy groups -OCH3 is 1. The minimum Gasteiger partial charge on any atom is -0.469 e. The van der Waals surface area contributed by atoms with Gasteiger partial charge in [-0.3, -0.25) is 9.69 Å². The van der Waals surface area contributed by atoms with Crippen molar-refractivity contribution in [3.63, 3.8) is 0 Å². The number of likely N-dealkylation sites (N-methyl/N-ethyl adjacent to an activating group) is 1. The Balaban J connectivity index is 2.07. The van der Waals surface area contributed by atoms with Gasteiger partial charge in [-0.25, -0.2) is 0 Å². The molecule has 0 aromatic carbocycles. The lowest BCUT2D eigenvalue weighted by atomic mass is 9.54. The number of hydrogen-bond donors (Lipinski definition) is 1. The van der Waals surface area contributed by atoms with E-state index in [1.165, 1.54) is 13.5 Å². The van der Waals surface area contributed by atoms with Crippen LogP contribution < -0.4 is 0 Å². The monoisotopic (exact) mass is 295 g/mol. The first-order valence-electron chi connectivity index (χ1n) is 8.30. The fraction of sp³-hybridized carbons (Fsp3) is 0.941. The molecular formula is C17H29NO3. The summed E-state index contributed by atoms with van der Waals surface area (Å²) >= 11 is 0. The Morgan fingerprint density at radius 3 is 2.62 bits per heavy atom. The molecule has 21 heavy (non-hydrogen) atoms. The average molecular weight is 295 g/mol. The Morgan fingerprint density at radius 1 is 1.38 bits per heavy atom. The molecule has 1 N–H and O–H groups in total. The molecule has 120 valence electrons. The summed E-state index contributed by atoms with van der Waals surface area (Å²) < 4.78 is 5.13. The molecule has 4 nitrogen and oxygen atoms in total. The molecule has 1 heterocycles. The van der Waals surface area contributed by atoms with Crippen LogP contribution in [0.3, 0.4) is 0 Å². The first-order valence-corrected chi connectivity index (χ1v) is 8.30. The van der Waals surface area contributed by atoms with Crippen LogP contribution in [0.4, 0.5) is 0 Å². The summed E-state index contributed by atoms with van der Waals surface area (Å²) in [6.45, 7) is 7.59. The molecule has 7 atom stereocenters. The minimum absolute atomic E-state index is 0.000162. The van der Waals surface area contributed by atoms with Gasteiger partial charge < -0.3 is 9.84 Å². The Labute approximate surface area is 127 Å². The molecule has 4 heteroatoms. The van der Waals surface area contributed by atoms with E-state index in [2.05, 4.69) is 32.7 Å². The van der Waals surface area contributed by atoms with E-state index in [9.17, 15) is 9.90 Å². The zero-order valence-electron chi connectivity index (χ0n) is 13.9. The van der Waals surface area contributed by atoms with E-state index >= 15 is 0 Å². The van der Waals surface area contributed by atoms with Gasteiger partial charge in [0.25, 0.3) is 0 Å². The fourth-order valence-corrected chi connectivity index (χ4v) is 6.14. The van der Waals surface area contributed by atoms with Gasteiger partial charge >= 0.3 is 5.97 Å². The highest BCUT2D eigenvalue weighted by Gasteiger charge is 2.67. The number of aliphatic hydroxyl groups is 1. The third-order valence-electron chi connectivity index (χ3n) is 6.93. The van der Waals surface area contributed by atoms with E-state index < -0.39 is 6.10 Å². The first-order chi connectivity index (χ1) is 9.83. The molecule has 0 radical (unpaired) electrons. The molecule has 2 saturated carbocycles. The lowest BCUT2D eigenvalue weighted by Gasteiger charge is -2.53. The molecule has 7 unspecified atom stereocenters. The highest BCUT2D eigenvalue weighted by Crippen LogP contribution is 2.64. The van der Waals surface area contributed by atoms with Crippen molar-refractivity contribution in [1.82, 2.24) is 4.90 Å². The van der Waals surface area contributed by atoms with E-state index in [1.807, 2.05) is 0 Å². The maximum Gasteiger partial charge on any atom is 0.309 e. The molecule has 1 saturated heterocycles. The smallest absolute Gasteiger partial charge is 0.309 e. The summed E-state index contributed by atoms with van der Waals surface area (Å²) in [4.78, 5) is 14.8. The van der Waals surface area contributed by atoms with Crippen molar-refractivity contribution in [2.24, 2.45) is 35.0 Å². The molecular weight excluding hydrogens is 266 g/mol. The quantitative estimate of drug-likeness (QED) is 0.789. The van der Waals surface area contributed by atoms with E-state index in [-0.39, 0.29) is 35.2 Å². The zero-order valence-corrected chi connectivity index (χ0v) is 13.9. The van der Waals surface area contributed by atoms with Gasteiger partial charge in [-0.1, -0.05) is 20.8 Å². The number of rotatable bonds is 2. The second-order valence-electron chi connectivity index (χ2n) is 7.99. The molecule has 0 bridgehead atoms. The number of likely N-dealkylation sites (tertiary alicyclic amines) is 1. The van der Waals surface area contributed by atoms with Crippen molar-refractivity contribution in [2.75, 3.05) is 20.7 Å². The van der Waals surface area contributed by atoms with Crippen LogP contribution >= 0.6 is 0 Å². The highest BCUT2D eigenvalue weighted by atomic mass is 16.5. The van der Waals surface area contributed by atoms with E-state index in [1.54, 1.807) is 0 Å². The average Bonchev–Trinajstić information content (AvgIpc) is 2.85. The van der Waals surface area contributed by atoms with Crippen LogP contribution in [0.15, 0.2) is 0 Å². The van der Waals surface area contributed by atoms with Gasteiger partial charge in [0.05, 0.1) is 19.1 Å². The van der Waals surface area contributed by atoms with Gasteiger partial charge in [-0.05, 0) is 43.1 Å².